The average molecular weight is 225 g/mol. The van der Waals surface area contributed by atoms with Gasteiger partial charge in [-0.25, -0.2) is 0 Å². The molecule has 0 radical (unpaired) electrons. The van der Waals surface area contributed by atoms with Crippen LogP contribution in [0.2, 0.25) is 0 Å². The van der Waals surface area contributed by atoms with E-state index in [0.29, 0.717) is 12.8 Å². The van der Waals surface area contributed by atoms with E-state index in [1.165, 1.54) is 0 Å². The third-order valence-electron chi connectivity index (χ3n) is 2.28. The highest BCUT2D eigenvalue weighted by Crippen LogP contribution is 2.10. The summed E-state index contributed by atoms with van der Waals surface area (Å²) in [6.07, 6.45) is 4.49. The Hall–Kier alpha value is -1.58. The van der Waals surface area contributed by atoms with Crippen molar-refractivity contribution in [3.8, 4) is 0 Å². The molecule has 0 spiro atoms. The molecule has 0 bridgehead atoms. The maximum atomic E-state index is 11.7. The molecule has 1 amide bonds. The van der Waals surface area contributed by atoms with Crippen molar-refractivity contribution in [2.24, 2.45) is 11.8 Å². The van der Waals surface area contributed by atoms with Crippen LogP contribution in [0.15, 0.2) is 25.3 Å². The van der Waals surface area contributed by atoms with Gasteiger partial charge >= 0.3 is 5.97 Å². The number of rotatable bonds is 8. The van der Waals surface area contributed by atoms with E-state index < -0.39 is 11.9 Å². The minimum atomic E-state index is -0.913. The molecule has 2 N–H and O–H groups in total. The van der Waals surface area contributed by atoms with Crippen LogP contribution in [-0.4, -0.2) is 23.5 Å². The largest absolute Gasteiger partial charge is 0.481 e. The van der Waals surface area contributed by atoms with Crippen molar-refractivity contribution in [1.82, 2.24) is 5.32 Å². The Balaban J connectivity index is 4.14. The molecule has 4 heteroatoms. The van der Waals surface area contributed by atoms with E-state index >= 15 is 0 Å². The van der Waals surface area contributed by atoms with Crippen molar-refractivity contribution in [1.29, 1.82) is 0 Å². The first-order chi connectivity index (χ1) is 7.52. The Morgan fingerprint density at radius 2 is 1.81 bits per heavy atom. The monoisotopic (exact) mass is 225 g/mol. The molecule has 0 aliphatic heterocycles. The number of carboxylic acids is 1. The van der Waals surface area contributed by atoms with Crippen LogP contribution in [0, 0.1) is 11.8 Å². The molecule has 0 saturated carbocycles. The van der Waals surface area contributed by atoms with Gasteiger partial charge in [0.05, 0.1) is 5.92 Å². The van der Waals surface area contributed by atoms with Crippen molar-refractivity contribution in [3.63, 3.8) is 0 Å². The topological polar surface area (TPSA) is 66.4 Å². The van der Waals surface area contributed by atoms with Gasteiger partial charge in [-0.05, 0) is 12.8 Å². The third kappa shape index (κ3) is 5.34. The molecule has 16 heavy (non-hydrogen) atoms. The molecular formula is C12H19NO3. The number of nitrogens with one attached hydrogen (secondary N) is 1. The second kappa shape index (κ2) is 7.68. The predicted octanol–water partition coefficient (Wildman–Crippen LogP) is 1.59. The van der Waals surface area contributed by atoms with Gasteiger partial charge in [0.15, 0.2) is 0 Å². The summed E-state index contributed by atoms with van der Waals surface area (Å²) in [5.41, 5.74) is 0. The van der Waals surface area contributed by atoms with Crippen molar-refractivity contribution < 1.29 is 14.7 Å². The SMILES string of the molecule is C=CCC(CC=C)C(=O)NCC(C)C(=O)O. The summed E-state index contributed by atoms with van der Waals surface area (Å²) in [5.74, 6) is -1.83. The van der Waals surface area contributed by atoms with Gasteiger partial charge in [0.25, 0.3) is 0 Å². The van der Waals surface area contributed by atoms with Crippen LogP contribution >= 0.6 is 0 Å². The minimum absolute atomic E-state index is 0.145. The Bertz CT molecular complexity index is 263. The quantitative estimate of drug-likeness (QED) is 0.616. The molecule has 0 aliphatic carbocycles. The lowest BCUT2D eigenvalue weighted by molar-refractivity contribution is -0.141. The molecule has 0 fully saturated rings. The van der Waals surface area contributed by atoms with E-state index in [9.17, 15) is 9.59 Å². The Morgan fingerprint density at radius 3 is 2.19 bits per heavy atom. The van der Waals surface area contributed by atoms with Gasteiger partial charge in [-0.1, -0.05) is 19.1 Å². The summed E-state index contributed by atoms with van der Waals surface area (Å²) in [6, 6.07) is 0. The van der Waals surface area contributed by atoms with Gasteiger partial charge in [-0.3, -0.25) is 9.59 Å². The highest BCUT2D eigenvalue weighted by Gasteiger charge is 2.17. The first-order valence-corrected chi connectivity index (χ1v) is 5.25. The molecule has 0 heterocycles. The van der Waals surface area contributed by atoms with Crippen LogP contribution in [0.25, 0.3) is 0 Å². The molecule has 0 aromatic heterocycles. The summed E-state index contributed by atoms with van der Waals surface area (Å²) < 4.78 is 0. The maximum Gasteiger partial charge on any atom is 0.308 e. The van der Waals surface area contributed by atoms with Crippen molar-refractivity contribution in [2.75, 3.05) is 6.54 Å². The molecule has 0 aromatic carbocycles. The lowest BCUT2D eigenvalue weighted by Crippen LogP contribution is -2.35. The van der Waals surface area contributed by atoms with Crippen LogP contribution in [0.3, 0.4) is 0 Å². The minimum Gasteiger partial charge on any atom is -0.481 e. The van der Waals surface area contributed by atoms with Gasteiger partial charge in [0.1, 0.15) is 0 Å². The van der Waals surface area contributed by atoms with Gasteiger partial charge < -0.3 is 10.4 Å². The lowest BCUT2D eigenvalue weighted by Gasteiger charge is -2.14. The maximum absolute atomic E-state index is 11.7. The summed E-state index contributed by atoms with van der Waals surface area (Å²) in [5, 5.41) is 11.3. The molecule has 0 rings (SSSR count). The van der Waals surface area contributed by atoms with E-state index in [4.69, 9.17) is 5.11 Å². The van der Waals surface area contributed by atoms with Crippen molar-refractivity contribution >= 4 is 11.9 Å². The number of hydrogen-bond donors (Lipinski definition) is 2. The van der Waals surface area contributed by atoms with E-state index in [1.54, 1.807) is 19.1 Å². The molecule has 0 aromatic rings. The van der Waals surface area contributed by atoms with E-state index in [-0.39, 0.29) is 18.4 Å². The zero-order valence-corrected chi connectivity index (χ0v) is 9.61. The standard InChI is InChI=1S/C12H19NO3/c1-4-6-10(7-5-2)11(14)13-8-9(3)12(15)16/h4-5,9-10H,1-2,6-8H2,3H3,(H,13,14)(H,15,16). The van der Waals surface area contributed by atoms with E-state index in [2.05, 4.69) is 18.5 Å². The number of carbonyl (C=O) groups excluding carboxylic acids is 1. The van der Waals surface area contributed by atoms with Crippen LogP contribution in [0.4, 0.5) is 0 Å². The summed E-state index contributed by atoms with van der Waals surface area (Å²) in [6.45, 7) is 8.87. The molecule has 1 atom stereocenters. The fourth-order valence-corrected chi connectivity index (χ4v) is 1.20. The number of aliphatic carboxylic acids is 1. The zero-order chi connectivity index (χ0) is 12.6. The second-order valence-electron chi connectivity index (χ2n) is 3.73. The van der Waals surface area contributed by atoms with Crippen LogP contribution < -0.4 is 5.32 Å². The normalized spacial score (nSPS) is 11.9. The first-order valence-electron chi connectivity index (χ1n) is 5.25. The van der Waals surface area contributed by atoms with Crippen LogP contribution in [-0.2, 0) is 9.59 Å². The highest BCUT2D eigenvalue weighted by atomic mass is 16.4. The Morgan fingerprint density at radius 1 is 1.31 bits per heavy atom. The number of hydrogen-bond acceptors (Lipinski definition) is 2. The summed E-state index contributed by atoms with van der Waals surface area (Å²) >= 11 is 0. The Kier molecular flexibility index (Phi) is 6.92. The van der Waals surface area contributed by atoms with E-state index in [1.807, 2.05) is 0 Å². The van der Waals surface area contributed by atoms with Crippen molar-refractivity contribution in [3.05, 3.63) is 25.3 Å². The molecule has 4 nitrogen and oxygen atoms in total. The molecular weight excluding hydrogens is 206 g/mol. The smallest absolute Gasteiger partial charge is 0.308 e. The van der Waals surface area contributed by atoms with Crippen LogP contribution in [0.5, 0.6) is 0 Å². The predicted molar refractivity (Wildman–Crippen MR) is 62.9 cm³/mol. The third-order valence-corrected chi connectivity index (χ3v) is 2.28. The fourth-order valence-electron chi connectivity index (χ4n) is 1.20. The number of amides is 1. The van der Waals surface area contributed by atoms with Gasteiger partial charge in [0, 0.05) is 12.5 Å². The van der Waals surface area contributed by atoms with Gasteiger partial charge in [0.2, 0.25) is 5.91 Å². The molecule has 0 saturated heterocycles. The van der Waals surface area contributed by atoms with Crippen molar-refractivity contribution in [2.45, 2.75) is 19.8 Å². The number of carboxylic acid groups (broad SMARTS) is 1. The van der Waals surface area contributed by atoms with Crippen LogP contribution in [0.1, 0.15) is 19.8 Å². The summed E-state index contributed by atoms with van der Waals surface area (Å²) in [7, 11) is 0. The van der Waals surface area contributed by atoms with E-state index in [0.717, 1.165) is 0 Å². The number of allylic oxidation sites excluding steroid dienone is 2. The molecule has 1 unspecified atom stereocenters. The number of carbonyl (C=O) groups is 2. The highest BCUT2D eigenvalue weighted by molar-refractivity contribution is 5.79. The average Bonchev–Trinajstić information content (AvgIpc) is 2.24. The molecule has 0 aliphatic rings. The first kappa shape index (κ1) is 14.4. The zero-order valence-electron chi connectivity index (χ0n) is 9.61. The molecule has 90 valence electrons. The summed E-state index contributed by atoms with van der Waals surface area (Å²) in [4.78, 5) is 22.2. The fraction of sp³-hybridized carbons (Fsp3) is 0.500. The lowest BCUT2D eigenvalue weighted by atomic mass is 10.00. The second-order valence-corrected chi connectivity index (χ2v) is 3.73. The van der Waals surface area contributed by atoms with Gasteiger partial charge in [-0.15, -0.1) is 13.2 Å². The van der Waals surface area contributed by atoms with Gasteiger partial charge in [-0.2, -0.15) is 0 Å². The Labute approximate surface area is 96.0 Å².